The molecule has 0 N–H and O–H groups in total. The van der Waals surface area contributed by atoms with Gasteiger partial charge in [-0.25, -0.2) is 9.97 Å². The summed E-state index contributed by atoms with van der Waals surface area (Å²) in [6.45, 7) is 6.24. The van der Waals surface area contributed by atoms with Crippen LogP contribution in [0.25, 0.3) is 10.9 Å². The van der Waals surface area contributed by atoms with E-state index in [1.54, 1.807) is 19.6 Å². The molecule has 1 fully saturated rings. The molecule has 4 rings (SSSR count). The molecule has 2 aromatic heterocycles. The number of nitrogens with zero attached hydrogens (tertiary/aromatic N) is 5. The molecule has 0 radical (unpaired) electrons. The average molecular weight is 351 g/mol. The van der Waals surface area contributed by atoms with Gasteiger partial charge < -0.3 is 14.2 Å². The molecule has 0 unspecified atom stereocenters. The van der Waals surface area contributed by atoms with Crippen LogP contribution in [-0.4, -0.2) is 59.3 Å². The zero-order valence-corrected chi connectivity index (χ0v) is 15.2. The van der Waals surface area contributed by atoms with Crippen molar-refractivity contribution in [1.82, 2.24) is 19.4 Å². The van der Waals surface area contributed by atoms with E-state index in [4.69, 9.17) is 4.74 Å². The van der Waals surface area contributed by atoms with Crippen molar-refractivity contribution in [2.75, 3.05) is 44.7 Å². The molecule has 3 aromatic rings. The largest absolute Gasteiger partial charge is 0.491 e. The summed E-state index contributed by atoms with van der Waals surface area (Å²) in [5.74, 6) is 1.65. The van der Waals surface area contributed by atoms with Gasteiger partial charge in [-0.05, 0) is 30.5 Å². The predicted molar refractivity (Wildman–Crippen MR) is 104 cm³/mol. The highest BCUT2D eigenvalue weighted by atomic mass is 16.5. The average Bonchev–Trinajstić information content (AvgIpc) is 3.12. The molecule has 0 atom stereocenters. The maximum atomic E-state index is 5.38. The van der Waals surface area contributed by atoms with Crippen molar-refractivity contribution in [3.63, 3.8) is 0 Å². The number of anilines is 1. The number of benzene rings is 1. The third-order valence-electron chi connectivity index (χ3n) is 5.10. The van der Waals surface area contributed by atoms with Crippen molar-refractivity contribution in [3.05, 3.63) is 49.1 Å². The Balaban J connectivity index is 1.28. The molecule has 1 aliphatic rings. The second-order valence-corrected chi connectivity index (χ2v) is 6.66. The maximum Gasteiger partial charge on any atom is 0.179 e. The molecule has 0 saturated carbocycles. The lowest BCUT2D eigenvalue weighted by Crippen LogP contribution is -2.47. The second-order valence-electron chi connectivity index (χ2n) is 6.66. The van der Waals surface area contributed by atoms with Crippen molar-refractivity contribution < 1.29 is 4.74 Å². The van der Waals surface area contributed by atoms with Crippen LogP contribution in [0.4, 0.5) is 5.82 Å². The van der Waals surface area contributed by atoms with Gasteiger partial charge in [-0.3, -0.25) is 4.90 Å². The number of fused-ring (bicyclic) bond motifs is 1. The molecule has 3 heterocycles. The van der Waals surface area contributed by atoms with Crippen molar-refractivity contribution in [1.29, 1.82) is 0 Å². The van der Waals surface area contributed by atoms with E-state index in [1.165, 1.54) is 10.9 Å². The highest BCUT2D eigenvalue weighted by Gasteiger charge is 2.20. The standard InChI is InChI=1S/C20H25N5O/c1-26-19-15-21-16-22-20(19)25-13-11-23(12-14-25)8-4-9-24-10-7-17-5-2-3-6-18(17)24/h2-3,5-7,10,15-16H,4,8-9,11-14H2,1H3. The first-order valence-corrected chi connectivity index (χ1v) is 9.20. The second kappa shape index (κ2) is 7.74. The van der Waals surface area contributed by atoms with Crippen LogP contribution in [0.2, 0.25) is 0 Å². The summed E-state index contributed by atoms with van der Waals surface area (Å²) in [5.41, 5.74) is 1.33. The Kier molecular flexibility index (Phi) is 5.02. The van der Waals surface area contributed by atoms with Crippen LogP contribution in [0.5, 0.6) is 5.75 Å². The van der Waals surface area contributed by atoms with Gasteiger partial charge in [0.25, 0.3) is 0 Å². The van der Waals surface area contributed by atoms with Gasteiger partial charge in [0.2, 0.25) is 0 Å². The van der Waals surface area contributed by atoms with Crippen LogP contribution in [-0.2, 0) is 6.54 Å². The lowest BCUT2D eigenvalue weighted by Gasteiger charge is -2.35. The highest BCUT2D eigenvalue weighted by Crippen LogP contribution is 2.24. The minimum Gasteiger partial charge on any atom is -0.491 e. The summed E-state index contributed by atoms with van der Waals surface area (Å²) in [5, 5.41) is 1.32. The van der Waals surface area contributed by atoms with E-state index < -0.39 is 0 Å². The molecular formula is C20H25N5O. The molecule has 0 amide bonds. The lowest BCUT2D eigenvalue weighted by molar-refractivity contribution is 0.249. The Morgan fingerprint density at radius 2 is 1.88 bits per heavy atom. The zero-order valence-electron chi connectivity index (χ0n) is 15.2. The molecule has 1 aromatic carbocycles. The Morgan fingerprint density at radius 1 is 1.04 bits per heavy atom. The van der Waals surface area contributed by atoms with Crippen LogP contribution in [0.1, 0.15) is 6.42 Å². The van der Waals surface area contributed by atoms with Crippen molar-refractivity contribution in [2.24, 2.45) is 0 Å². The van der Waals surface area contributed by atoms with Crippen molar-refractivity contribution >= 4 is 16.7 Å². The first-order chi connectivity index (χ1) is 12.8. The van der Waals surface area contributed by atoms with E-state index in [0.29, 0.717) is 0 Å². The van der Waals surface area contributed by atoms with Crippen LogP contribution in [0.15, 0.2) is 49.1 Å². The number of methoxy groups -OCH3 is 1. The summed E-state index contributed by atoms with van der Waals surface area (Å²) in [6.07, 6.45) is 6.68. The smallest absolute Gasteiger partial charge is 0.179 e. The van der Waals surface area contributed by atoms with Crippen LogP contribution in [0, 0.1) is 0 Å². The fraction of sp³-hybridized carbons (Fsp3) is 0.400. The van der Waals surface area contributed by atoms with E-state index in [-0.39, 0.29) is 0 Å². The van der Waals surface area contributed by atoms with Crippen LogP contribution >= 0.6 is 0 Å². The van der Waals surface area contributed by atoms with E-state index >= 15 is 0 Å². The lowest BCUT2D eigenvalue weighted by atomic mass is 10.2. The summed E-state index contributed by atoms with van der Waals surface area (Å²) >= 11 is 0. The van der Waals surface area contributed by atoms with Gasteiger partial charge in [-0.2, -0.15) is 0 Å². The third kappa shape index (κ3) is 3.51. The molecule has 0 bridgehead atoms. The molecule has 1 saturated heterocycles. The Bertz CT molecular complexity index is 854. The number of para-hydroxylation sites is 1. The summed E-state index contributed by atoms with van der Waals surface area (Å²) in [7, 11) is 1.67. The molecule has 0 aliphatic carbocycles. The third-order valence-corrected chi connectivity index (χ3v) is 5.10. The SMILES string of the molecule is COc1cncnc1N1CCN(CCCn2ccc3ccccc32)CC1. The monoisotopic (exact) mass is 351 g/mol. The Hall–Kier alpha value is -2.60. The first-order valence-electron chi connectivity index (χ1n) is 9.20. The van der Waals surface area contributed by atoms with E-state index in [0.717, 1.165) is 57.3 Å². The number of aromatic nitrogens is 3. The molecule has 136 valence electrons. The summed E-state index contributed by atoms with van der Waals surface area (Å²) in [4.78, 5) is 13.3. The predicted octanol–water partition coefficient (Wildman–Crippen LogP) is 2.65. The molecule has 6 heteroatoms. The van der Waals surface area contributed by atoms with E-state index in [1.807, 2.05) is 0 Å². The van der Waals surface area contributed by atoms with Gasteiger partial charge in [-0.1, -0.05) is 18.2 Å². The fourth-order valence-electron chi connectivity index (χ4n) is 3.68. The van der Waals surface area contributed by atoms with Crippen molar-refractivity contribution in [2.45, 2.75) is 13.0 Å². The number of ether oxygens (including phenoxy) is 1. The normalized spacial score (nSPS) is 15.5. The summed E-state index contributed by atoms with van der Waals surface area (Å²) < 4.78 is 7.74. The van der Waals surface area contributed by atoms with Gasteiger partial charge in [0.05, 0.1) is 13.3 Å². The molecular weight excluding hydrogens is 326 g/mol. The number of piperazine rings is 1. The minimum atomic E-state index is 0.750. The molecule has 6 nitrogen and oxygen atoms in total. The van der Waals surface area contributed by atoms with Crippen LogP contribution < -0.4 is 9.64 Å². The van der Waals surface area contributed by atoms with Gasteiger partial charge >= 0.3 is 0 Å². The van der Waals surface area contributed by atoms with Crippen molar-refractivity contribution in [3.8, 4) is 5.75 Å². The van der Waals surface area contributed by atoms with Gasteiger partial charge in [0.15, 0.2) is 11.6 Å². The highest BCUT2D eigenvalue weighted by molar-refractivity contribution is 5.79. The Morgan fingerprint density at radius 3 is 2.73 bits per heavy atom. The number of hydrogen-bond donors (Lipinski definition) is 0. The molecule has 26 heavy (non-hydrogen) atoms. The number of hydrogen-bond acceptors (Lipinski definition) is 5. The minimum absolute atomic E-state index is 0.750. The van der Waals surface area contributed by atoms with E-state index in [9.17, 15) is 0 Å². The number of rotatable bonds is 6. The zero-order chi connectivity index (χ0) is 17.8. The molecule has 0 spiro atoms. The van der Waals surface area contributed by atoms with Crippen LogP contribution in [0.3, 0.4) is 0 Å². The van der Waals surface area contributed by atoms with Gasteiger partial charge in [0, 0.05) is 44.4 Å². The first kappa shape index (κ1) is 16.8. The quantitative estimate of drug-likeness (QED) is 0.683. The van der Waals surface area contributed by atoms with E-state index in [2.05, 4.69) is 60.9 Å². The molecule has 1 aliphatic heterocycles. The topological polar surface area (TPSA) is 46.4 Å². The Labute approximate surface area is 154 Å². The van der Waals surface area contributed by atoms with Gasteiger partial charge in [-0.15, -0.1) is 0 Å². The maximum absolute atomic E-state index is 5.38. The number of aryl methyl sites for hydroxylation is 1. The summed E-state index contributed by atoms with van der Waals surface area (Å²) in [6, 6.07) is 10.8. The fourth-order valence-corrected chi connectivity index (χ4v) is 3.68. The van der Waals surface area contributed by atoms with Gasteiger partial charge in [0.1, 0.15) is 6.33 Å².